The number of urea groups is 1. The minimum Gasteiger partial charge on any atom is -0.508 e. The third kappa shape index (κ3) is 6.46. The van der Waals surface area contributed by atoms with E-state index < -0.39 is 67.6 Å². The summed E-state index contributed by atoms with van der Waals surface area (Å²) in [5.74, 6) is -2.67. The first-order valence-electron chi connectivity index (χ1n) is 13.4. The molecule has 46 heavy (non-hydrogen) atoms. The molecular formula is C27H28N8O9S2. The molecule has 3 aromatic rings. The second-order valence-electron chi connectivity index (χ2n) is 10.9. The van der Waals surface area contributed by atoms with Crippen molar-refractivity contribution in [2.24, 2.45) is 5.14 Å². The number of rotatable bonds is 9. The van der Waals surface area contributed by atoms with Crippen LogP contribution in [0.1, 0.15) is 25.5 Å². The Labute approximate surface area is 265 Å². The number of nitrogens with zero attached hydrogens (tertiary/aromatic N) is 2. The van der Waals surface area contributed by atoms with Gasteiger partial charge in [-0.25, -0.2) is 28.1 Å². The normalized spacial score (nSPS) is 20.5. The Morgan fingerprint density at radius 1 is 1.09 bits per heavy atom. The molecule has 9 N–H and O–H groups in total. The zero-order valence-electron chi connectivity index (χ0n) is 24.0. The Kier molecular flexibility index (Phi) is 8.41. The molecule has 2 fully saturated rings. The molecule has 3 heterocycles. The smallest absolute Gasteiger partial charge is 0.327 e. The number of aromatic nitrogens is 2. The number of benzene rings is 2. The Bertz CT molecular complexity index is 1880. The molecule has 2 saturated heterocycles. The molecule has 0 saturated carbocycles. The lowest BCUT2D eigenvalue weighted by Crippen LogP contribution is -2.71. The van der Waals surface area contributed by atoms with Crippen molar-refractivity contribution in [1.29, 1.82) is 0 Å². The van der Waals surface area contributed by atoms with Crippen LogP contribution >= 0.6 is 11.8 Å². The van der Waals surface area contributed by atoms with Gasteiger partial charge in [-0.2, -0.15) is 0 Å². The van der Waals surface area contributed by atoms with E-state index in [-0.39, 0.29) is 27.8 Å². The van der Waals surface area contributed by atoms with Crippen molar-refractivity contribution in [1.82, 2.24) is 25.5 Å². The second-order valence-corrected chi connectivity index (χ2v) is 14.2. The van der Waals surface area contributed by atoms with Gasteiger partial charge >= 0.3 is 12.0 Å². The van der Waals surface area contributed by atoms with Crippen LogP contribution in [0.15, 0.2) is 64.4 Å². The van der Waals surface area contributed by atoms with Crippen molar-refractivity contribution < 1.29 is 37.8 Å². The van der Waals surface area contributed by atoms with Crippen LogP contribution in [0.5, 0.6) is 5.75 Å². The number of aromatic hydroxyl groups is 1. The highest BCUT2D eigenvalue weighted by atomic mass is 32.2. The third-order valence-electron chi connectivity index (χ3n) is 7.23. The van der Waals surface area contributed by atoms with Crippen LogP contribution in [0.2, 0.25) is 0 Å². The van der Waals surface area contributed by atoms with Gasteiger partial charge in [0.25, 0.3) is 5.56 Å². The zero-order chi connectivity index (χ0) is 33.6. The molecule has 5 rings (SSSR count). The van der Waals surface area contributed by atoms with Crippen LogP contribution in [0.3, 0.4) is 0 Å². The number of β-lactam (4-membered cyclic amide) rings is 1. The van der Waals surface area contributed by atoms with E-state index in [0.717, 1.165) is 6.20 Å². The van der Waals surface area contributed by atoms with E-state index in [0.29, 0.717) is 5.69 Å². The summed E-state index contributed by atoms with van der Waals surface area (Å²) < 4.78 is 22.0. The van der Waals surface area contributed by atoms with Crippen molar-refractivity contribution in [3.8, 4) is 5.75 Å². The summed E-state index contributed by atoms with van der Waals surface area (Å²) >= 11 is 1.23. The summed E-state index contributed by atoms with van der Waals surface area (Å²) in [6, 6.07) is 6.16. The Morgan fingerprint density at radius 2 is 1.74 bits per heavy atom. The first-order chi connectivity index (χ1) is 21.5. The van der Waals surface area contributed by atoms with E-state index in [1.807, 2.05) is 0 Å². The average Bonchev–Trinajstić information content (AvgIpc) is 3.24. The summed E-state index contributed by atoms with van der Waals surface area (Å²) in [6.07, 6.45) is 1.05. The van der Waals surface area contributed by atoms with Gasteiger partial charge in [-0.05, 0) is 55.8 Å². The fraction of sp³-hybridized carbons (Fsp3) is 0.259. The first kappa shape index (κ1) is 32.3. The number of nitrogens with two attached hydrogens (primary N) is 1. The van der Waals surface area contributed by atoms with E-state index >= 15 is 0 Å². The number of thioether (sulfide) groups is 1. The van der Waals surface area contributed by atoms with Gasteiger partial charge in [0.05, 0.1) is 11.1 Å². The molecule has 0 aliphatic carbocycles. The maximum absolute atomic E-state index is 13.5. The number of phenolic OH excluding ortho intramolecular Hbond substituents is 1. The van der Waals surface area contributed by atoms with E-state index in [1.54, 1.807) is 13.8 Å². The lowest BCUT2D eigenvalue weighted by molar-refractivity contribution is -0.161. The number of carbonyl (C=O) groups is 4. The quantitative estimate of drug-likeness (QED) is 0.143. The fourth-order valence-corrected chi connectivity index (χ4v) is 7.19. The van der Waals surface area contributed by atoms with Gasteiger partial charge in [0.1, 0.15) is 34.9 Å². The monoisotopic (exact) mass is 672 g/mol. The number of carboxylic acids is 1. The number of carbonyl (C=O) groups excluding carboxylic acids is 3. The number of hydrogen-bond acceptors (Lipinski definition) is 11. The number of nitrogens with one attached hydrogen (secondary N) is 5. The SMILES string of the molecule is CC1(C)S[C@@H]2[C@H](NC(=O)C(NC(=O)Nc3cnc(Nc4ccc(S(N)(=O)=O)cc4)[nH]c3=O)c3ccc(O)cc3)C(=O)N2[C@H]1C(=O)O. The van der Waals surface area contributed by atoms with E-state index in [1.165, 1.54) is 65.2 Å². The molecule has 2 aromatic carbocycles. The highest BCUT2D eigenvalue weighted by molar-refractivity contribution is 8.01. The number of amides is 4. The summed E-state index contributed by atoms with van der Waals surface area (Å²) in [5.41, 5.74) is -0.445. The second kappa shape index (κ2) is 12.0. The number of aromatic amines is 1. The maximum Gasteiger partial charge on any atom is 0.327 e. The molecule has 1 aromatic heterocycles. The average molecular weight is 673 g/mol. The van der Waals surface area contributed by atoms with Gasteiger partial charge in [-0.1, -0.05) is 12.1 Å². The molecule has 242 valence electrons. The number of primary sulfonamides is 1. The van der Waals surface area contributed by atoms with Gasteiger partial charge in [-0.3, -0.25) is 19.4 Å². The third-order valence-corrected chi connectivity index (χ3v) is 9.73. The zero-order valence-corrected chi connectivity index (χ0v) is 25.7. The number of H-pyrrole nitrogens is 1. The van der Waals surface area contributed by atoms with Crippen LogP contribution in [0.4, 0.5) is 22.1 Å². The number of phenols is 1. The van der Waals surface area contributed by atoms with Crippen LogP contribution < -0.4 is 32.0 Å². The minimum absolute atomic E-state index is 0.0297. The Hall–Kier alpha value is -5.14. The fourth-order valence-electron chi connectivity index (χ4n) is 5.05. The predicted molar refractivity (Wildman–Crippen MR) is 165 cm³/mol. The molecule has 2 aliphatic heterocycles. The number of hydrogen-bond donors (Lipinski definition) is 8. The number of sulfonamides is 1. The lowest BCUT2D eigenvalue weighted by atomic mass is 9.95. The van der Waals surface area contributed by atoms with Gasteiger partial charge < -0.3 is 36.4 Å². The molecule has 2 aliphatic rings. The number of fused-ring (bicyclic) bond motifs is 1. The number of anilines is 3. The van der Waals surface area contributed by atoms with Crippen molar-refractivity contribution in [2.45, 2.75) is 47.0 Å². The lowest BCUT2D eigenvalue weighted by Gasteiger charge is -2.44. The van der Waals surface area contributed by atoms with Crippen molar-refractivity contribution in [3.05, 3.63) is 70.6 Å². The van der Waals surface area contributed by atoms with E-state index in [4.69, 9.17) is 5.14 Å². The molecule has 1 unspecified atom stereocenters. The Balaban J connectivity index is 1.28. The molecule has 0 bridgehead atoms. The standard InChI is InChI=1S/C27H28N8O9S2/c1-27(2)19(24(40)41)35-22(39)18(23(35)45-27)32-21(38)17(12-3-7-14(36)8-4-12)33-26(42)31-16-11-29-25(34-20(16)37)30-13-5-9-15(10-6-13)46(28,43)44/h3-11,17-19,23,36H,1-2H3,(H,32,38)(H,40,41)(H2,28,43,44)(H2,31,33,42)(H2,29,30,34,37)/t17?,18-,19+,23-/m1/s1. The molecule has 0 spiro atoms. The summed E-state index contributed by atoms with van der Waals surface area (Å²) in [5, 5.41) is 33.9. The van der Waals surface area contributed by atoms with Crippen LogP contribution in [0.25, 0.3) is 0 Å². The molecule has 0 radical (unpaired) electrons. The molecule has 4 atom stereocenters. The molecular weight excluding hydrogens is 644 g/mol. The van der Waals surface area contributed by atoms with Crippen LogP contribution in [-0.2, 0) is 24.4 Å². The number of aliphatic carboxylic acids is 1. The van der Waals surface area contributed by atoms with Gasteiger partial charge in [0.2, 0.25) is 27.8 Å². The highest BCUT2D eigenvalue weighted by Crippen LogP contribution is 2.50. The molecule has 4 amide bonds. The van der Waals surface area contributed by atoms with Gasteiger partial charge in [-0.15, -0.1) is 11.8 Å². The van der Waals surface area contributed by atoms with Crippen LogP contribution in [0, 0.1) is 0 Å². The largest absolute Gasteiger partial charge is 0.508 e. The summed E-state index contributed by atoms with van der Waals surface area (Å²) in [4.78, 5) is 71.4. The highest BCUT2D eigenvalue weighted by Gasteiger charge is 2.64. The van der Waals surface area contributed by atoms with Gasteiger partial charge in [0, 0.05) is 10.4 Å². The van der Waals surface area contributed by atoms with E-state index in [2.05, 4.69) is 31.2 Å². The first-order valence-corrected chi connectivity index (χ1v) is 15.9. The van der Waals surface area contributed by atoms with Crippen molar-refractivity contribution >= 4 is 62.9 Å². The van der Waals surface area contributed by atoms with Crippen LogP contribution in [-0.4, -0.2) is 79.5 Å². The summed E-state index contributed by atoms with van der Waals surface area (Å²) in [6.45, 7) is 3.39. The van der Waals surface area contributed by atoms with Gasteiger partial charge in [0.15, 0.2) is 0 Å². The molecule has 17 nitrogen and oxygen atoms in total. The van der Waals surface area contributed by atoms with Crippen molar-refractivity contribution in [2.75, 3.05) is 10.6 Å². The predicted octanol–water partition coefficient (Wildman–Crippen LogP) is 0.361. The Morgan fingerprint density at radius 3 is 2.33 bits per heavy atom. The van der Waals surface area contributed by atoms with Crippen molar-refractivity contribution in [3.63, 3.8) is 0 Å². The number of carboxylic acid groups (broad SMARTS) is 1. The minimum atomic E-state index is -3.89. The maximum atomic E-state index is 13.5. The topological polar surface area (TPSA) is 266 Å². The molecule has 19 heteroatoms. The van der Waals surface area contributed by atoms with E-state index in [9.17, 15) is 42.6 Å². The summed E-state index contributed by atoms with van der Waals surface area (Å²) in [7, 11) is -3.89.